The van der Waals surface area contributed by atoms with E-state index in [1.54, 1.807) is 30.3 Å². The van der Waals surface area contributed by atoms with Gasteiger partial charge in [0.05, 0.1) is 12.2 Å². The average Bonchev–Trinajstić information content (AvgIpc) is 3.42. The van der Waals surface area contributed by atoms with Crippen molar-refractivity contribution in [2.75, 3.05) is 20.2 Å². The Kier molecular flexibility index (Phi) is 5.24. The van der Waals surface area contributed by atoms with Gasteiger partial charge in [-0.2, -0.15) is 0 Å². The fraction of sp³-hybridized carbons (Fsp3) is 0.238. The molecule has 8 heteroatoms. The molecule has 148 valence electrons. The summed E-state index contributed by atoms with van der Waals surface area (Å²) in [7, 11) is 1.56. The van der Waals surface area contributed by atoms with Gasteiger partial charge in [0.1, 0.15) is 18.4 Å². The van der Waals surface area contributed by atoms with Crippen LogP contribution in [-0.2, 0) is 6.54 Å². The maximum Gasteiger partial charge on any atom is 0.254 e. The number of ether oxygens (including phenoxy) is 1. The van der Waals surface area contributed by atoms with Gasteiger partial charge in [-0.05, 0) is 17.7 Å². The Morgan fingerprint density at radius 2 is 1.90 bits per heavy atom. The van der Waals surface area contributed by atoms with E-state index < -0.39 is 0 Å². The van der Waals surface area contributed by atoms with Gasteiger partial charge >= 0.3 is 0 Å². The molecule has 1 aliphatic heterocycles. The first-order chi connectivity index (χ1) is 14.2. The quantitative estimate of drug-likeness (QED) is 0.665. The summed E-state index contributed by atoms with van der Waals surface area (Å²) in [5, 5.41) is 13.0. The molecule has 2 heterocycles. The van der Waals surface area contributed by atoms with Crippen LogP contribution in [0.25, 0.3) is 0 Å². The van der Waals surface area contributed by atoms with Gasteiger partial charge < -0.3 is 19.9 Å². The van der Waals surface area contributed by atoms with Gasteiger partial charge in [-0.1, -0.05) is 30.3 Å². The second-order valence-corrected chi connectivity index (χ2v) is 6.75. The van der Waals surface area contributed by atoms with Crippen molar-refractivity contribution in [3.63, 3.8) is 0 Å². The maximum absolute atomic E-state index is 12.8. The van der Waals surface area contributed by atoms with Crippen molar-refractivity contribution in [1.29, 1.82) is 0 Å². The van der Waals surface area contributed by atoms with Crippen molar-refractivity contribution in [2.45, 2.75) is 12.5 Å². The molecule has 1 atom stereocenters. The summed E-state index contributed by atoms with van der Waals surface area (Å²) < 4.78 is 7.65. The van der Waals surface area contributed by atoms with Crippen molar-refractivity contribution in [3.8, 4) is 5.75 Å². The van der Waals surface area contributed by atoms with E-state index in [0.29, 0.717) is 36.6 Å². The fourth-order valence-corrected chi connectivity index (χ4v) is 3.46. The maximum atomic E-state index is 12.8. The molecular formula is C21H21N5O3. The minimum Gasteiger partial charge on any atom is -0.491 e. The lowest BCUT2D eigenvalue weighted by atomic mass is 9.90. The zero-order valence-electron chi connectivity index (χ0n) is 16.0. The van der Waals surface area contributed by atoms with Crippen LogP contribution in [0.5, 0.6) is 5.75 Å². The van der Waals surface area contributed by atoms with Crippen LogP contribution < -0.4 is 15.4 Å². The van der Waals surface area contributed by atoms with E-state index in [1.807, 2.05) is 36.4 Å². The Morgan fingerprint density at radius 3 is 2.62 bits per heavy atom. The number of hydrogen-bond acceptors (Lipinski definition) is 5. The van der Waals surface area contributed by atoms with Crippen LogP contribution in [-0.4, -0.2) is 46.8 Å². The third-order valence-corrected chi connectivity index (χ3v) is 4.95. The van der Waals surface area contributed by atoms with Crippen molar-refractivity contribution < 1.29 is 14.3 Å². The molecule has 29 heavy (non-hydrogen) atoms. The van der Waals surface area contributed by atoms with E-state index in [0.717, 1.165) is 11.1 Å². The van der Waals surface area contributed by atoms with E-state index in [4.69, 9.17) is 4.74 Å². The third kappa shape index (κ3) is 3.82. The molecule has 1 aliphatic rings. The molecule has 0 fully saturated rings. The Morgan fingerprint density at radius 1 is 1.14 bits per heavy atom. The zero-order chi connectivity index (χ0) is 20.2. The highest BCUT2D eigenvalue weighted by Crippen LogP contribution is 2.41. The Hall–Kier alpha value is -3.68. The van der Waals surface area contributed by atoms with E-state index >= 15 is 0 Å². The van der Waals surface area contributed by atoms with Crippen LogP contribution >= 0.6 is 0 Å². The number of fused-ring (bicyclic) bond motifs is 1. The Labute approximate surface area is 167 Å². The van der Waals surface area contributed by atoms with Crippen molar-refractivity contribution in [1.82, 2.24) is 25.4 Å². The fourth-order valence-electron chi connectivity index (χ4n) is 3.46. The highest BCUT2D eigenvalue weighted by atomic mass is 16.5. The number of aromatic nitrogens is 3. The first-order valence-corrected chi connectivity index (χ1v) is 9.35. The monoisotopic (exact) mass is 391 g/mol. The topological polar surface area (TPSA) is 98.1 Å². The molecule has 3 aromatic rings. The molecule has 2 amide bonds. The molecule has 2 N–H and O–H groups in total. The number of nitrogens with zero attached hydrogens (tertiary/aromatic N) is 3. The SMILES string of the molecule is CNC(=O)c1cc(C(=O)NCCn2cnnc2)cc2c1OCC2c1ccccc1. The molecule has 1 unspecified atom stereocenters. The predicted octanol–water partition coefficient (Wildman–Crippen LogP) is 1.59. The molecule has 8 nitrogen and oxygen atoms in total. The Balaban J connectivity index is 1.62. The molecule has 4 rings (SSSR count). The number of benzene rings is 2. The number of carbonyl (C=O) groups excluding carboxylic acids is 2. The molecular weight excluding hydrogens is 370 g/mol. The predicted molar refractivity (Wildman–Crippen MR) is 106 cm³/mol. The van der Waals surface area contributed by atoms with Crippen molar-refractivity contribution in [3.05, 3.63) is 77.4 Å². The van der Waals surface area contributed by atoms with Crippen LogP contribution in [0.15, 0.2) is 55.1 Å². The molecule has 1 aromatic heterocycles. The number of amides is 2. The Bertz CT molecular complexity index is 1020. The summed E-state index contributed by atoms with van der Waals surface area (Å²) in [6.45, 7) is 1.41. The minimum absolute atomic E-state index is 0.0284. The first kappa shape index (κ1) is 18.7. The van der Waals surface area contributed by atoms with Crippen LogP contribution in [0.2, 0.25) is 0 Å². The molecule has 0 radical (unpaired) electrons. The minimum atomic E-state index is -0.283. The third-order valence-electron chi connectivity index (χ3n) is 4.95. The number of nitrogens with one attached hydrogen (secondary N) is 2. The zero-order valence-corrected chi connectivity index (χ0v) is 16.0. The van der Waals surface area contributed by atoms with Gasteiger partial charge in [-0.25, -0.2) is 0 Å². The molecule has 0 saturated carbocycles. The van der Waals surface area contributed by atoms with E-state index in [1.165, 1.54) is 0 Å². The van der Waals surface area contributed by atoms with Gasteiger partial charge in [0.15, 0.2) is 0 Å². The molecule has 0 saturated heterocycles. The second kappa shape index (κ2) is 8.14. The summed E-state index contributed by atoms with van der Waals surface area (Å²) >= 11 is 0. The normalized spacial score (nSPS) is 14.7. The molecule has 0 spiro atoms. The van der Waals surface area contributed by atoms with Gasteiger partial charge in [0.25, 0.3) is 11.8 Å². The molecule has 0 bridgehead atoms. The summed E-state index contributed by atoms with van der Waals surface area (Å²) in [5.41, 5.74) is 2.73. The van der Waals surface area contributed by atoms with Gasteiger partial charge in [0, 0.05) is 37.2 Å². The van der Waals surface area contributed by atoms with Gasteiger partial charge in [-0.3, -0.25) is 9.59 Å². The largest absolute Gasteiger partial charge is 0.491 e. The summed E-state index contributed by atoms with van der Waals surface area (Å²) in [5.74, 6) is -0.0162. The van der Waals surface area contributed by atoms with Crippen molar-refractivity contribution in [2.24, 2.45) is 0 Å². The number of carbonyl (C=O) groups is 2. The highest BCUT2D eigenvalue weighted by Gasteiger charge is 2.31. The molecule has 0 aliphatic carbocycles. The number of rotatable bonds is 6. The van der Waals surface area contributed by atoms with Crippen LogP contribution in [0.3, 0.4) is 0 Å². The van der Waals surface area contributed by atoms with Crippen LogP contribution in [0.1, 0.15) is 37.8 Å². The van der Waals surface area contributed by atoms with E-state index in [9.17, 15) is 9.59 Å². The van der Waals surface area contributed by atoms with Crippen LogP contribution in [0.4, 0.5) is 0 Å². The van der Waals surface area contributed by atoms with E-state index in [2.05, 4.69) is 20.8 Å². The van der Waals surface area contributed by atoms with E-state index in [-0.39, 0.29) is 17.7 Å². The lowest BCUT2D eigenvalue weighted by Crippen LogP contribution is -2.28. The van der Waals surface area contributed by atoms with Gasteiger partial charge in [0.2, 0.25) is 0 Å². The lowest BCUT2D eigenvalue weighted by Gasteiger charge is -2.13. The lowest BCUT2D eigenvalue weighted by molar-refractivity contribution is 0.0952. The average molecular weight is 391 g/mol. The van der Waals surface area contributed by atoms with Crippen molar-refractivity contribution >= 4 is 11.8 Å². The highest BCUT2D eigenvalue weighted by molar-refractivity contribution is 6.02. The summed E-state index contributed by atoms with van der Waals surface area (Å²) in [6.07, 6.45) is 3.18. The summed E-state index contributed by atoms with van der Waals surface area (Å²) in [4.78, 5) is 25.2. The first-order valence-electron chi connectivity index (χ1n) is 9.35. The second-order valence-electron chi connectivity index (χ2n) is 6.75. The smallest absolute Gasteiger partial charge is 0.254 e. The number of hydrogen-bond donors (Lipinski definition) is 2. The van der Waals surface area contributed by atoms with Crippen LogP contribution in [0, 0.1) is 0 Å². The van der Waals surface area contributed by atoms with Gasteiger partial charge in [-0.15, -0.1) is 10.2 Å². The standard InChI is InChI=1S/C21H21N5O3/c1-22-21(28)17-10-15(20(27)23-7-8-26-12-24-25-13-26)9-16-18(11-29-19(16)17)14-5-3-2-4-6-14/h2-6,9-10,12-13,18H,7-8,11H2,1H3,(H,22,28)(H,23,27). The molecule has 2 aromatic carbocycles. The summed E-state index contributed by atoms with van der Waals surface area (Å²) in [6, 6.07) is 13.3.